The monoisotopic (exact) mass is 405 g/mol. The second-order valence-electron chi connectivity index (χ2n) is 7.64. The number of carbonyl (C=O) groups is 1. The molecule has 4 rings (SSSR count). The molecular formula is C19H27N5O3S. The van der Waals surface area contributed by atoms with Crippen LogP contribution >= 0.6 is 0 Å². The molecule has 1 aliphatic carbocycles. The Hall–Kier alpha value is -1.97. The van der Waals surface area contributed by atoms with Gasteiger partial charge in [-0.3, -0.25) is 9.69 Å². The van der Waals surface area contributed by atoms with E-state index in [0.717, 1.165) is 12.8 Å². The van der Waals surface area contributed by atoms with Crippen molar-refractivity contribution < 1.29 is 13.2 Å². The highest BCUT2D eigenvalue weighted by Gasteiger charge is 2.31. The van der Waals surface area contributed by atoms with Crippen LogP contribution < -0.4 is 5.32 Å². The van der Waals surface area contributed by atoms with Crippen molar-refractivity contribution in [3.8, 4) is 0 Å². The predicted molar refractivity (Wildman–Crippen MR) is 106 cm³/mol. The van der Waals surface area contributed by atoms with Crippen LogP contribution in [0.2, 0.25) is 0 Å². The third-order valence-electron chi connectivity index (χ3n) is 5.70. The summed E-state index contributed by atoms with van der Waals surface area (Å²) in [6.07, 6.45) is 8.91. The smallest absolute Gasteiger partial charge is 0.245 e. The van der Waals surface area contributed by atoms with Gasteiger partial charge in [0.25, 0.3) is 0 Å². The van der Waals surface area contributed by atoms with Crippen molar-refractivity contribution in [3.63, 3.8) is 0 Å². The minimum absolute atomic E-state index is 0.0471. The molecule has 0 unspecified atom stereocenters. The minimum Gasteiger partial charge on any atom is -0.352 e. The highest BCUT2D eigenvalue weighted by molar-refractivity contribution is 7.89. The van der Waals surface area contributed by atoms with Crippen molar-refractivity contribution in [1.29, 1.82) is 0 Å². The third kappa shape index (κ3) is 4.06. The number of pyridine rings is 1. The first-order valence-electron chi connectivity index (χ1n) is 9.98. The average Bonchev–Trinajstić information content (AvgIpc) is 3.14. The fourth-order valence-corrected chi connectivity index (χ4v) is 5.71. The topological polar surface area (TPSA) is 98.4 Å². The molecule has 0 spiro atoms. The fourth-order valence-electron chi connectivity index (χ4n) is 4.13. The normalized spacial score (nSPS) is 20.4. The zero-order valence-electron chi connectivity index (χ0n) is 15.9. The fraction of sp³-hybridized carbons (Fsp3) is 0.579. The molecule has 0 aromatic carbocycles. The van der Waals surface area contributed by atoms with Crippen LogP contribution in [0.3, 0.4) is 0 Å². The summed E-state index contributed by atoms with van der Waals surface area (Å²) in [7, 11) is -3.59. The number of amides is 1. The van der Waals surface area contributed by atoms with Gasteiger partial charge in [0.2, 0.25) is 15.9 Å². The molecule has 0 atom stereocenters. The summed E-state index contributed by atoms with van der Waals surface area (Å²) < 4.78 is 27.6. The number of hydrogen-bond donors (Lipinski definition) is 2. The Morgan fingerprint density at radius 2 is 1.93 bits per heavy atom. The number of aromatic amines is 1. The van der Waals surface area contributed by atoms with Gasteiger partial charge in [-0.15, -0.1) is 0 Å². The zero-order chi connectivity index (χ0) is 19.6. The maximum absolute atomic E-state index is 13.0. The summed E-state index contributed by atoms with van der Waals surface area (Å²) in [6.45, 7) is 2.20. The first-order valence-corrected chi connectivity index (χ1v) is 11.4. The number of H-pyrrole nitrogens is 1. The summed E-state index contributed by atoms with van der Waals surface area (Å²) >= 11 is 0. The lowest BCUT2D eigenvalue weighted by atomic mass is 9.95. The number of nitrogens with zero attached hydrogens (tertiary/aromatic N) is 3. The van der Waals surface area contributed by atoms with Crippen molar-refractivity contribution in [2.45, 2.75) is 43.0 Å². The van der Waals surface area contributed by atoms with Gasteiger partial charge in [0, 0.05) is 50.0 Å². The van der Waals surface area contributed by atoms with E-state index in [1.807, 2.05) is 4.90 Å². The Kier molecular flexibility index (Phi) is 5.65. The van der Waals surface area contributed by atoms with E-state index in [0.29, 0.717) is 49.8 Å². The van der Waals surface area contributed by atoms with E-state index in [1.54, 1.807) is 18.3 Å². The number of fused-ring (bicyclic) bond motifs is 1. The molecule has 1 aliphatic heterocycles. The van der Waals surface area contributed by atoms with E-state index >= 15 is 0 Å². The summed E-state index contributed by atoms with van der Waals surface area (Å²) in [5, 5.41) is 3.73. The molecule has 2 N–H and O–H groups in total. The lowest BCUT2D eigenvalue weighted by Gasteiger charge is -2.34. The van der Waals surface area contributed by atoms with Crippen molar-refractivity contribution in [1.82, 2.24) is 24.5 Å². The summed E-state index contributed by atoms with van der Waals surface area (Å²) in [5.74, 6) is 0.0471. The SMILES string of the molecule is O=C(CN1CCN(S(=O)(=O)c2c[nH]c3ncccc23)CC1)NC1CCCCC1. The Morgan fingerprint density at radius 3 is 2.68 bits per heavy atom. The summed E-state index contributed by atoms with van der Waals surface area (Å²) in [4.78, 5) is 21.7. The molecule has 0 bridgehead atoms. The van der Waals surface area contributed by atoms with Gasteiger partial charge < -0.3 is 10.3 Å². The lowest BCUT2D eigenvalue weighted by Crippen LogP contribution is -2.51. The highest BCUT2D eigenvalue weighted by Crippen LogP contribution is 2.25. The van der Waals surface area contributed by atoms with Crippen LogP contribution in [-0.4, -0.2) is 72.3 Å². The lowest BCUT2D eigenvalue weighted by molar-refractivity contribution is -0.123. The Balaban J connectivity index is 1.34. The Bertz CT molecular complexity index is 928. The molecule has 2 fully saturated rings. The summed E-state index contributed by atoms with van der Waals surface area (Å²) in [6, 6.07) is 3.80. The molecule has 152 valence electrons. The van der Waals surface area contributed by atoms with Gasteiger partial charge in [-0.05, 0) is 25.0 Å². The maximum atomic E-state index is 13.0. The average molecular weight is 406 g/mol. The van der Waals surface area contributed by atoms with Crippen LogP contribution in [0, 0.1) is 0 Å². The van der Waals surface area contributed by atoms with Crippen LogP contribution in [-0.2, 0) is 14.8 Å². The number of sulfonamides is 1. The van der Waals surface area contributed by atoms with Crippen LogP contribution in [0.25, 0.3) is 11.0 Å². The minimum atomic E-state index is -3.59. The van der Waals surface area contributed by atoms with E-state index in [4.69, 9.17) is 0 Å². The van der Waals surface area contributed by atoms with Gasteiger partial charge in [-0.25, -0.2) is 13.4 Å². The molecule has 0 radical (unpaired) electrons. The van der Waals surface area contributed by atoms with Crippen molar-refractivity contribution in [2.75, 3.05) is 32.7 Å². The largest absolute Gasteiger partial charge is 0.352 e. The van der Waals surface area contributed by atoms with Gasteiger partial charge >= 0.3 is 0 Å². The Labute approximate surface area is 165 Å². The molecule has 1 saturated carbocycles. The molecular weight excluding hydrogens is 378 g/mol. The van der Waals surface area contributed by atoms with Crippen LogP contribution in [0.1, 0.15) is 32.1 Å². The number of piperazine rings is 1. The van der Waals surface area contributed by atoms with E-state index < -0.39 is 10.0 Å². The molecule has 2 aromatic rings. The van der Waals surface area contributed by atoms with Crippen molar-refractivity contribution in [2.24, 2.45) is 0 Å². The third-order valence-corrected chi connectivity index (χ3v) is 7.64. The van der Waals surface area contributed by atoms with Crippen LogP contribution in [0.15, 0.2) is 29.4 Å². The standard InChI is InChI=1S/C19H27N5O3S/c25-18(22-15-5-2-1-3-6-15)14-23-9-11-24(12-10-23)28(26,27)17-13-21-19-16(17)7-4-8-20-19/h4,7-8,13,15H,1-3,5-6,9-12,14H2,(H,20,21)(H,22,25). The molecule has 9 heteroatoms. The second kappa shape index (κ2) is 8.18. The molecule has 1 saturated heterocycles. The van der Waals surface area contributed by atoms with Gasteiger partial charge in [-0.2, -0.15) is 4.31 Å². The quantitative estimate of drug-likeness (QED) is 0.782. The van der Waals surface area contributed by atoms with E-state index in [9.17, 15) is 13.2 Å². The van der Waals surface area contributed by atoms with E-state index in [1.165, 1.54) is 29.8 Å². The highest BCUT2D eigenvalue weighted by atomic mass is 32.2. The molecule has 2 aliphatic rings. The molecule has 28 heavy (non-hydrogen) atoms. The first-order chi connectivity index (χ1) is 13.5. The van der Waals surface area contributed by atoms with E-state index in [2.05, 4.69) is 15.3 Å². The predicted octanol–water partition coefficient (Wildman–Crippen LogP) is 1.32. The van der Waals surface area contributed by atoms with Crippen molar-refractivity contribution in [3.05, 3.63) is 24.5 Å². The number of carbonyl (C=O) groups excluding carboxylic acids is 1. The number of rotatable bonds is 5. The molecule has 2 aromatic heterocycles. The van der Waals surface area contributed by atoms with Gasteiger partial charge in [0.1, 0.15) is 10.5 Å². The second-order valence-corrected chi connectivity index (χ2v) is 9.54. The number of aromatic nitrogens is 2. The van der Waals surface area contributed by atoms with Crippen molar-refractivity contribution >= 4 is 27.0 Å². The molecule has 8 nitrogen and oxygen atoms in total. The van der Waals surface area contributed by atoms with Gasteiger partial charge in [0.05, 0.1) is 6.54 Å². The molecule has 3 heterocycles. The Morgan fingerprint density at radius 1 is 1.18 bits per heavy atom. The number of hydrogen-bond acceptors (Lipinski definition) is 5. The first kappa shape index (κ1) is 19.4. The van der Waals surface area contributed by atoms with Crippen LogP contribution in [0.5, 0.6) is 0 Å². The van der Waals surface area contributed by atoms with Gasteiger partial charge in [0.15, 0.2) is 0 Å². The summed E-state index contributed by atoms with van der Waals surface area (Å²) in [5.41, 5.74) is 0.569. The maximum Gasteiger partial charge on any atom is 0.245 e. The number of nitrogens with one attached hydrogen (secondary N) is 2. The zero-order valence-corrected chi connectivity index (χ0v) is 16.7. The van der Waals surface area contributed by atoms with E-state index in [-0.39, 0.29) is 10.8 Å². The van der Waals surface area contributed by atoms with Gasteiger partial charge in [-0.1, -0.05) is 19.3 Å². The molecule has 1 amide bonds. The van der Waals surface area contributed by atoms with Crippen LogP contribution in [0.4, 0.5) is 0 Å².